The van der Waals surface area contributed by atoms with Crippen LogP contribution in [0.15, 0.2) is 22.7 Å². The van der Waals surface area contributed by atoms with Crippen molar-refractivity contribution in [3.8, 4) is 0 Å². The summed E-state index contributed by atoms with van der Waals surface area (Å²) in [5.41, 5.74) is 0.0660. The third-order valence-electron chi connectivity index (χ3n) is 3.42. The van der Waals surface area contributed by atoms with E-state index in [4.69, 9.17) is 11.6 Å². The Balaban J connectivity index is 2.07. The van der Waals surface area contributed by atoms with Crippen molar-refractivity contribution in [2.45, 2.75) is 43.5 Å². The summed E-state index contributed by atoms with van der Waals surface area (Å²) in [5, 5.41) is 2.79. The van der Waals surface area contributed by atoms with Gasteiger partial charge in [-0.15, -0.1) is 11.6 Å². The fraction of sp³-hybridized carbons (Fsp3) is 0.500. The minimum Gasteiger partial charge on any atom is -0.348 e. The molecule has 0 saturated heterocycles. The highest BCUT2D eigenvalue weighted by Crippen LogP contribution is 2.23. The molecule has 0 bridgehead atoms. The van der Waals surface area contributed by atoms with Gasteiger partial charge in [0.05, 0.1) is 10.9 Å². The summed E-state index contributed by atoms with van der Waals surface area (Å²) in [6.45, 7) is 0. The van der Waals surface area contributed by atoms with Crippen LogP contribution in [-0.2, 0) is 0 Å². The molecule has 1 aromatic carbocycles. The van der Waals surface area contributed by atoms with Crippen LogP contribution in [0.4, 0.5) is 4.39 Å². The second-order valence-corrected chi connectivity index (χ2v) is 6.33. The molecule has 2 unspecified atom stereocenters. The third kappa shape index (κ3) is 3.93. The van der Waals surface area contributed by atoms with E-state index in [2.05, 4.69) is 21.2 Å². The fourth-order valence-electron chi connectivity index (χ4n) is 2.34. The summed E-state index contributed by atoms with van der Waals surface area (Å²) < 4.78 is 14.3. The Morgan fingerprint density at radius 2 is 2.05 bits per heavy atom. The van der Waals surface area contributed by atoms with Crippen LogP contribution in [0.25, 0.3) is 0 Å². The summed E-state index contributed by atoms with van der Waals surface area (Å²) >= 11 is 9.44. The maximum absolute atomic E-state index is 13.7. The van der Waals surface area contributed by atoms with Crippen molar-refractivity contribution in [1.29, 1.82) is 0 Å². The van der Waals surface area contributed by atoms with Gasteiger partial charge in [-0.05, 0) is 31.0 Å². The molecule has 0 aliphatic heterocycles. The van der Waals surface area contributed by atoms with E-state index >= 15 is 0 Å². The second-order valence-electron chi connectivity index (χ2n) is 4.86. The Labute approximate surface area is 125 Å². The average molecular weight is 349 g/mol. The zero-order valence-electron chi connectivity index (χ0n) is 10.5. The van der Waals surface area contributed by atoms with Gasteiger partial charge in [0, 0.05) is 10.5 Å². The normalized spacial score (nSPS) is 23.7. The van der Waals surface area contributed by atoms with Crippen molar-refractivity contribution in [2.75, 3.05) is 0 Å². The molecule has 1 aliphatic carbocycles. The smallest absolute Gasteiger partial charge is 0.254 e. The number of carbonyl (C=O) groups is 1. The summed E-state index contributed by atoms with van der Waals surface area (Å²) in [6.07, 6.45) is 5.04. The lowest BCUT2D eigenvalue weighted by Gasteiger charge is -2.21. The molecule has 5 heteroatoms. The lowest BCUT2D eigenvalue weighted by Crippen LogP contribution is -2.40. The number of amides is 1. The molecule has 1 fully saturated rings. The van der Waals surface area contributed by atoms with Crippen LogP contribution in [-0.4, -0.2) is 17.3 Å². The molecule has 1 aromatic rings. The number of alkyl halides is 1. The van der Waals surface area contributed by atoms with E-state index < -0.39 is 5.82 Å². The van der Waals surface area contributed by atoms with E-state index in [1.165, 1.54) is 12.1 Å². The summed E-state index contributed by atoms with van der Waals surface area (Å²) in [7, 11) is 0. The maximum atomic E-state index is 13.7. The number of halogens is 3. The van der Waals surface area contributed by atoms with Crippen molar-refractivity contribution in [1.82, 2.24) is 5.32 Å². The van der Waals surface area contributed by atoms with Crippen molar-refractivity contribution < 1.29 is 9.18 Å². The molecular formula is C14H16BrClFNO. The van der Waals surface area contributed by atoms with Crippen LogP contribution in [0.3, 0.4) is 0 Å². The van der Waals surface area contributed by atoms with E-state index in [1.807, 2.05) is 0 Å². The molecule has 2 nitrogen and oxygen atoms in total. The summed E-state index contributed by atoms with van der Waals surface area (Å²) in [5.74, 6) is -0.908. The molecule has 1 aliphatic rings. The molecule has 1 N–H and O–H groups in total. The van der Waals surface area contributed by atoms with Crippen LogP contribution in [0, 0.1) is 5.82 Å². The highest BCUT2D eigenvalue weighted by Gasteiger charge is 2.24. The largest absolute Gasteiger partial charge is 0.348 e. The average Bonchev–Trinajstić information content (AvgIpc) is 2.55. The van der Waals surface area contributed by atoms with Gasteiger partial charge in [-0.2, -0.15) is 0 Å². The standard InChI is InChI=1S/C14H16BrClFNO/c15-9-6-7-10(12(17)8-9)14(19)18-13-5-3-1-2-4-11(13)16/h6-8,11,13H,1-5H2,(H,18,19). The van der Waals surface area contributed by atoms with Gasteiger partial charge in [0.15, 0.2) is 0 Å². The van der Waals surface area contributed by atoms with Gasteiger partial charge < -0.3 is 5.32 Å². The van der Waals surface area contributed by atoms with Crippen LogP contribution >= 0.6 is 27.5 Å². The first kappa shape index (κ1) is 14.8. The van der Waals surface area contributed by atoms with Crippen LogP contribution < -0.4 is 5.32 Å². The molecule has 0 heterocycles. The Hall–Kier alpha value is -0.610. The zero-order valence-corrected chi connectivity index (χ0v) is 12.8. The van der Waals surface area contributed by atoms with Crippen molar-refractivity contribution >= 4 is 33.4 Å². The second kappa shape index (κ2) is 6.71. The molecule has 0 aromatic heterocycles. The quantitative estimate of drug-likeness (QED) is 0.628. The number of benzene rings is 1. The first-order chi connectivity index (χ1) is 9.08. The van der Waals surface area contributed by atoms with Crippen LogP contribution in [0.1, 0.15) is 42.5 Å². The van der Waals surface area contributed by atoms with E-state index in [9.17, 15) is 9.18 Å². The van der Waals surface area contributed by atoms with Crippen molar-refractivity contribution in [3.05, 3.63) is 34.1 Å². The Kier molecular flexibility index (Phi) is 5.22. The number of carbonyl (C=O) groups excluding carboxylic acids is 1. The number of rotatable bonds is 2. The molecule has 0 radical (unpaired) electrons. The SMILES string of the molecule is O=C(NC1CCCCCC1Cl)c1ccc(Br)cc1F. The number of hydrogen-bond donors (Lipinski definition) is 1. The maximum Gasteiger partial charge on any atom is 0.254 e. The monoisotopic (exact) mass is 347 g/mol. The van der Waals surface area contributed by atoms with Crippen molar-refractivity contribution in [2.24, 2.45) is 0 Å². The van der Waals surface area contributed by atoms with Gasteiger partial charge in [-0.3, -0.25) is 4.79 Å². The van der Waals surface area contributed by atoms with E-state index in [1.54, 1.807) is 6.07 Å². The minimum atomic E-state index is -0.522. The van der Waals surface area contributed by atoms with Gasteiger partial charge in [-0.25, -0.2) is 4.39 Å². The van der Waals surface area contributed by atoms with Gasteiger partial charge in [-0.1, -0.05) is 35.2 Å². The molecule has 1 amide bonds. The zero-order chi connectivity index (χ0) is 13.8. The van der Waals surface area contributed by atoms with Crippen LogP contribution in [0.2, 0.25) is 0 Å². The van der Waals surface area contributed by atoms with E-state index in [0.29, 0.717) is 4.47 Å². The Morgan fingerprint density at radius 1 is 1.32 bits per heavy atom. The lowest BCUT2D eigenvalue weighted by molar-refractivity contribution is 0.0930. The first-order valence-electron chi connectivity index (χ1n) is 6.48. The molecule has 19 heavy (non-hydrogen) atoms. The fourth-order valence-corrected chi connectivity index (χ4v) is 3.02. The molecule has 104 valence electrons. The van der Waals surface area contributed by atoms with Crippen molar-refractivity contribution in [3.63, 3.8) is 0 Å². The topological polar surface area (TPSA) is 29.1 Å². The van der Waals surface area contributed by atoms with Crippen LogP contribution in [0.5, 0.6) is 0 Å². The highest BCUT2D eigenvalue weighted by atomic mass is 79.9. The van der Waals surface area contributed by atoms with Gasteiger partial charge in [0.25, 0.3) is 5.91 Å². The number of hydrogen-bond acceptors (Lipinski definition) is 1. The minimum absolute atomic E-state index is 0.0649. The Bertz CT molecular complexity index is 469. The first-order valence-corrected chi connectivity index (χ1v) is 7.71. The molecule has 0 spiro atoms. The van der Waals surface area contributed by atoms with Gasteiger partial charge in [0.1, 0.15) is 5.82 Å². The Morgan fingerprint density at radius 3 is 2.79 bits per heavy atom. The van der Waals surface area contributed by atoms with Gasteiger partial charge in [0.2, 0.25) is 0 Å². The molecule has 2 rings (SSSR count). The predicted octanol–water partition coefficient (Wildman–Crippen LogP) is 4.26. The summed E-state index contributed by atoms with van der Waals surface area (Å²) in [6, 6.07) is 4.36. The van der Waals surface area contributed by atoms with Gasteiger partial charge >= 0.3 is 0 Å². The van der Waals surface area contributed by atoms with E-state index in [-0.39, 0.29) is 22.9 Å². The number of nitrogens with one attached hydrogen (secondary N) is 1. The predicted molar refractivity (Wildman–Crippen MR) is 78.1 cm³/mol. The molecule has 1 saturated carbocycles. The summed E-state index contributed by atoms with van der Waals surface area (Å²) in [4.78, 5) is 12.1. The lowest BCUT2D eigenvalue weighted by atomic mass is 10.1. The third-order valence-corrected chi connectivity index (χ3v) is 4.44. The van der Waals surface area contributed by atoms with E-state index in [0.717, 1.165) is 32.1 Å². The molecular weight excluding hydrogens is 333 g/mol. The molecule has 2 atom stereocenters. The highest BCUT2D eigenvalue weighted by molar-refractivity contribution is 9.10.